The second kappa shape index (κ2) is 4.10. The van der Waals surface area contributed by atoms with Crippen LogP contribution in [-0.4, -0.2) is 12.4 Å². The minimum atomic E-state index is 0.0818. The molecule has 1 aromatic heterocycles. The van der Waals surface area contributed by atoms with E-state index in [9.17, 15) is 0 Å². The first-order chi connectivity index (χ1) is 7.93. The summed E-state index contributed by atoms with van der Waals surface area (Å²) < 4.78 is 5.85. The van der Waals surface area contributed by atoms with E-state index in [0.29, 0.717) is 0 Å². The van der Waals surface area contributed by atoms with E-state index in [-0.39, 0.29) is 6.10 Å². The van der Waals surface area contributed by atoms with Crippen molar-refractivity contribution in [3.05, 3.63) is 58.3 Å². The normalized spacial score (nSPS) is 19.2. The van der Waals surface area contributed by atoms with E-state index in [1.54, 1.807) is 11.3 Å². The van der Waals surface area contributed by atoms with Crippen LogP contribution in [0.15, 0.2) is 52.8 Å². The maximum absolute atomic E-state index is 5.85. The largest absolute Gasteiger partial charge is 0.467 e. The topological polar surface area (TPSA) is 21.6 Å². The highest BCUT2D eigenvalue weighted by atomic mass is 32.1. The number of hydrogen-bond acceptors (Lipinski definition) is 3. The second-order valence-electron chi connectivity index (χ2n) is 3.64. The predicted octanol–water partition coefficient (Wildman–Crippen LogP) is 3.27. The molecule has 1 aliphatic rings. The molecule has 0 aliphatic carbocycles. The van der Waals surface area contributed by atoms with E-state index in [1.165, 1.54) is 5.56 Å². The quantitative estimate of drug-likeness (QED) is 0.774. The molecule has 3 heteroatoms. The molecule has 1 aromatic carbocycles. The van der Waals surface area contributed by atoms with Crippen molar-refractivity contribution in [2.24, 2.45) is 4.99 Å². The summed E-state index contributed by atoms with van der Waals surface area (Å²) in [5, 5.41) is 2.04. The van der Waals surface area contributed by atoms with Gasteiger partial charge in [0.2, 0.25) is 5.90 Å². The maximum Gasteiger partial charge on any atom is 0.227 e. The first kappa shape index (κ1) is 9.60. The van der Waals surface area contributed by atoms with Gasteiger partial charge in [-0.15, -0.1) is 11.3 Å². The van der Waals surface area contributed by atoms with Crippen molar-refractivity contribution in [3.8, 4) is 0 Å². The molecule has 2 heterocycles. The van der Waals surface area contributed by atoms with Crippen LogP contribution >= 0.6 is 11.3 Å². The molecule has 0 spiro atoms. The molecular weight excluding hydrogens is 218 g/mol. The van der Waals surface area contributed by atoms with Crippen molar-refractivity contribution >= 4 is 17.2 Å². The molecule has 0 N–H and O–H groups in total. The Morgan fingerprint density at radius 2 is 2.00 bits per heavy atom. The number of rotatable bonds is 2. The van der Waals surface area contributed by atoms with Crippen LogP contribution in [0.4, 0.5) is 0 Å². The molecule has 1 atom stereocenters. The summed E-state index contributed by atoms with van der Waals surface area (Å²) in [4.78, 5) is 5.55. The third-order valence-corrected chi connectivity index (χ3v) is 3.42. The van der Waals surface area contributed by atoms with Gasteiger partial charge in [0.15, 0.2) is 0 Å². The van der Waals surface area contributed by atoms with Gasteiger partial charge < -0.3 is 4.74 Å². The SMILES string of the molecule is c1ccc(C2CN=C(c3cccs3)O2)cc1. The summed E-state index contributed by atoms with van der Waals surface area (Å²) in [6.07, 6.45) is 0.0818. The molecular formula is C13H11NOS. The average Bonchev–Trinajstić information content (AvgIpc) is 3.01. The standard InChI is InChI=1S/C13H11NOS/c1-2-5-10(6-3-1)11-9-14-13(15-11)12-7-4-8-16-12/h1-8,11H,9H2. The van der Waals surface area contributed by atoms with Crippen LogP contribution in [0.3, 0.4) is 0 Å². The molecule has 0 fully saturated rings. The van der Waals surface area contributed by atoms with E-state index in [1.807, 2.05) is 35.7 Å². The summed E-state index contributed by atoms with van der Waals surface area (Å²) in [5.74, 6) is 0.781. The zero-order valence-corrected chi connectivity index (χ0v) is 9.48. The van der Waals surface area contributed by atoms with Crippen molar-refractivity contribution < 1.29 is 4.74 Å². The van der Waals surface area contributed by atoms with Crippen molar-refractivity contribution in [1.29, 1.82) is 0 Å². The Kier molecular flexibility index (Phi) is 2.46. The van der Waals surface area contributed by atoms with Gasteiger partial charge in [0.1, 0.15) is 6.10 Å². The van der Waals surface area contributed by atoms with Gasteiger partial charge in [-0.05, 0) is 17.0 Å². The fraction of sp³-hybridized carbons (Fsp3) is 0.154. The summed E-state index contributed by atoms with van der Waals surface area (Å²) in [5.41, 5.74) is 1.19. The van der Waals surface area contributed by atoms with Crippen molar-refractivity contribution in [2.75, 3.05) is 6.54 Å². The van der Waals surface area contributed by atoms with Crippen molar-refractivity contribution in [2.45, 2.75) is 6.10 Å². The van der Waals surface area contributed by atoms with Gasteiger partial charge in [-0.2, -0.15) is 0 Å². The molecule has 1 aliphatic heterocycles. The van der Waals surface area contributed by atoms with Crippen LogP contribution in [0.1, 0.15) is 16.5 Å². The molecule has 1 unspecified atom stereocenters. The van der Waals surface area contributed by atoms with Gasteiger partial charge in [0, 0.05) is 0 Å². The van der Waals surface area contributed by atoms with Crippen LogP contribution in [-0.2, 0) is 4.74 Å². The van der Waals surface area contributed by atoms with Gasteiger partial charge in [0.05, 0.1) is 11.4 Å². The Labute approximate surface area is 98.2 Å². The Morgan fingerprint density at radius 3 is 2.75 bits per heavy atom. The molecule has 2 nitrogen and oxygen atoms in total. The van der Waals surface area contributed by atoms with Crippen LogP contribution in [0.2, 0.25) is 0 Å². The van der Waals surface area contributed by atoms with Crippen LogP contribution < -0.4 is 0 Å². The highest BCUT2D eigenvalue weighted by Crippen LogP contribution is 2.26. The Bertz CT molecular complexity index is 490. The predicted molar refractivity (Wildman–Crippen MR) is 66.0 cm³/mol. The number of nitrogens with zero attached hydrogens (tertiary/aromatic N) is 1. The minimum Gasteiger partial charge on any atom is -0.467 e. The van der Waals surface area contributed by atoms with Crippen LogP contribution in [0, 0.1) is 0 Å². The van der Waals surface area contributed by atoms with E-state index in [2.05, 4.69) is 17.1 Å². The van der Waals surface area contributed by atoms with Crippen LogP contribution in [0.5, 0.6) is 0 Å². The summed E-state index contributed by atoms with van der Waals surface area (Å²) in [6, 6.07) is 14.3. The fourth-order valence-corrected chi connectivity index (χ4v) is 2.43. The van der Waals surface area contributed by atoms with Gasteiger partial charge in [-0.1, -0.05) is 36.4 Å². The van der Waals surface area contributed by atoms with E-state index in [4.69, 9.17) is 4.74 Å². The lowest BCUT2D eigenvalue weighted by atomic mass is 10.1. The number of ether oxygens (including phenoxy) is 1. The molecule has 0 saturated carbocycles. The zero-order valence-electron chi connectivity index (χ0n) is 8.67. The van der Waals surface area contributed by atoms with Gasteiger partial charge in [-0.25, -0.2) is 4.99 Å². The van der Waals surface area contributed by atoms with E-state index < -0.39 is 0 Å². The van der Waals surface area contributed by atoms with Crippen molar-refractivity contribution in [3.63, 3.8) is 0 Å². The summed E-state index contributed by atoms with van der Waals surface area (Å²) >= 11 is 1.66. The zero-order chi connectivity index (χ0) is 10.8. The molecule has 0 amide bonds. The monoisotopic (exact) mass is 229 g/mol. The number of hydrogen-bond donors (Lipinski definition) is 0. The van der Waals surface area contributed by atoms with E-state index >= 15 is 0 Å². The number of thiophene rings is 1. The number of aliphatic imine (C=N–C) groups is 1. The Hall–Kier alpha value is -1.61. The lowest BCUT2D eigenvalue weighted by molar-refractivity contribution is 0.231. The first-order valence-corrected chi connectivity index (χ1v) is 6.11. The highest BCUT2D eigenvalue weighted by Gasteiger charge is 2.22. The molecule has 0 radical (unpaired) electrons. The molecule has 0 saturated heterocycles. The Morgan fingerprint density at radius 1 is 1.12 bits per heavy atom. The molecule has 0 bridgehead atoms. The third kappa shape index (κ3) is 1.74. The minimum absolute atomic E-state index is 0.0818. The summed E-state index contributed by atoms with van der Waals surface area (Å²) in [6.45, 7) is 0.719. The second-order valence-corrected chi connectivity index (χ2v) is 4.59. The molecule has 3 rings (SSSR count). The smallest absolute Gasteiger partial charge is 0.227 e. The molecule has 80 valence electrons. The lowest BCUT2D eigenvalue weighted by Gasteiger charge is -2.10. The first-order valence-electron chi connectivity index (χ1n) is 5.23. The molecule has 2 aromatic rings. The maximum atomic E-state index is 5.85. The average molecular weight is 229 g/mol. The highest BCUT2D eigenvalue weighted by molar-refractivity contribution is 7.12. The van der Waals surface area contributed by atoms with Gasteiger partial charge in [0.25, 0.3) is 0 Å². The summed E-state index contributed by atoms with van der Waals surface area (Å²) in [7, 11) is 0. The van der Waals surface area contributed by atoms with Gasteiger partial charge in [-0.3, -0.25) is 0 Å². The lowest BCUT2D eigenvalue weighted by Crippen LogP contribution is -2.04. The van der Waals surface area contributed by atoms with Crippen molar-refractivity contribution in [1.82, 2.24) is 0 Å². The number of benzene rings is 1. The Balaban J connectivity index is 1.78. The molecule has 16 heavy (non-hydrogen) atoms. The third-order valence-electron chi connectivity index (χ3n) is 2.56. The fourth-order valence-electron chi connectivity index (χ4n) is 1.75. The van der Waals surface area contributed by atoms with E-state index in [0.717, 1.165) is 17.3 Å². The van der Waals surface area contributed by atoms with Gasteiger partial charge >= 0.3 is 0 Å². The van der Waals surface area contributed by atoms with Crippen LogP contribution in [0.25, 0.3) is 0 Å².